The highest BCUT2D eigenvalue weighted by atomic mass is 14.6. The van der Waals surface area contributed by atoms with Gasteiger partial charge in [0.25, 0.3) is 0 Å². The van der Waals surface area contributed by atoms with Crippen LogP contribution in [0.25, 0.3) is 71.3 Å². The van der Waals surface area contributed by atoms with Crippen molar-refractivity contribution in [1.82, 2.24) is 4.98 Å². The molecule has 0 bridgehead atoms. The van der Waals surface area contributed by atoms with E-state index in [4.69, 9.17) is 5.73 Å². The molecule has 1 aromatic heterocycles. The zero-order valence-corrected chi connectivity index (χ0v) is 25.7. The summed E-state index contributed by atoms with van der Waals surface area (Å²) in [6.07, 6.45) is 9.33. The van der Waals surface area contributed by atoms with Crippen LogP contribution in [-0.2, 0) is 5.41 Å². The third kappa shape index (κ3) is 4.73. The summed E-state index contributed by atoms with van der Waals surface area (Å²) in [7, 11) is 0. The van der Waals surface area contributed by atoms with E-state index in [9.17, 15) is 0 Å². The molecule has 0 aliphatic heterocycles. The second-order valence-electron chi connectivity index (χ2n) is 12.6. The van der Waals surface area contributed by atoms with Crippen LogP contribution in [0.3, 0.4) is 0 Å². The van der Waals surface area contributed by atoms with Crippen LogP contribution in [0.15, 0.2) is 134 Å². The molecule has 0 saturated carbocycles. The lowest BCUT2D eigenvalue weighted by molar-refractivity contribution is 0.591. The van der Waals surface area contributed by atoms with Crippen LogP contribution in [-0.4, -0.2) is 4.98 Å². The fraction of sp³-hybridized carbons (Fsp3) is 0.119. The molecule has 0 spiro atoms. The zero-order valence-electron chi connectivity index (χ0n) is 25.7. The number of nitrogens with two attached hydrogens (primary N) is 1. The van der Waals surface area contributed by atoms with Crippen LogP contribution in [0.2, 0.25) is 0 Å². The zero-order chi connectivity index (χ0) is 30.4. The Bertz CT molecular complexity index is 2160. The average molecular weight is 569 g/mol. The van der Waals surface area contributed by atoms with Gasteiger partial charge in [0, 0.05) is 12.4 Å². The molecular formula is C42H36N2. The first kappa shape index (κ1) is 27.6. The van der Waals surface area contributed by atoms with Crippen molar-refractivity contribution >= 4 is 37.9 Å². The summed E-state index contributed by atoms with van der Waals surface area (Å²) >= 11 is 0. The molecule has 214 valence electrons. The maximum Gasteiger partial charge on any atom is 0.0273 e. The lowest BCUT2D eigenvalue weighted by atomic mass is 9.81. The third-order valence-corrected chi connectivity index (χ3v) is 8.91. The molecule has 0 unspecified atom stereocenters. The Labute approximate surface area is 259 Å². The van der Waals surface area contributed by atoms with Gasteiger partial charge < -0.3 is 5.73 Å². The fourth-order valence-electron chi connectivity index (χ4n) is 6.52. The fourth-order valence-corrected chi connectivity index (χ4v) is 6.52. The second-order valence-corrected chi connectivity index (χ2v) is 12.6. The molecule has 44 heavy (non-hydrogen) atoms. The smallest absolute Gasteiger partial charge is 0.0273 e. The number of nitrogens with zero attached hydrogens (tertiary/aromatic N) is 1. The Balaban J connectivity index is 1.49. The molecule has 1 heterocycles. The standard InChI is InChI=1S/C42H36N2/c1-5-27(18-21-43)28-6-10-31(11-7-28)38-26-39(32-12-8-29(9-13-32)30-19-22-44-23-20-30)37-17-15-34-25-35(42(2,3)4)24-33-14-16-36(38)41(37)40(33)34/h5-26H,43H2,1-4H3/b21-18-,27-5+. The van der Waals surface area contributed by atoms with Gasteiger partial charge in [-0.2, -0.15) is 0 Å². The summed E-state index contributed by atoms with van der Waals surface area (Å²) in [5.74, 6) is 0. The average Bonchev–Trinajstić information content (AvgIpc) is 3.06. The topological polar surface area (TPSA) is 38.9 Å². The van der Waals surface area contributed by atoms with E-state index < -0.39 is 0 Å². The number of hydrogen-bond donors (Lipinski definition) is 1. The molecule has 2 N–H and O–H groups in total. The van der Waals surface area contributed by atoms with Crippen molar-refractivity contribution in [1.29, 1.82) is 0 Å². The molecule has 0 aliphatic carbocycles. The molecule has 0 aliphatic rings. The maximum atomic E-state index is 5.72. The van der Waals surface area contributed by atoms with E-state index in [0.29, 0.717) is 0 Å². The van der Waals surface area contributed by atoms with E-state index in [1.165, 1.54) is 71.3 Å². The van der Waals surface area contributed by atoms with Gasteiger partial charge >= 0.3 is 0 Å². The molecule has 0 radical (unpaired) electrons. The number of hydrogen-bond acceptors (Lipinski definition) is 2. The Morgan fingerprint density at radius 1 is 0.614 bits per heavy atom. The van der Waals surface area contributed by atoms with Crippen molar-refractivity contribution in [2.24, 2.45) is 5.73 Å². The van der Waals surface area contributed by atoms with Gasteiger partial charge in [0.15, 0.2) is 0 Å². The van der Waals surface area contributed by atoms with Crippen molar-refractivity contribution in [2.75, 3.05) is 0 Å². The molecule has 2 heteroatoms. The normalized spacial score (nSPS) is 12.7. The predicted octanol–water partition coefficient (Wildman–Crippen LogP) is 11.2. The summed E-state index contributed by atoms with van der Waals surface area (Å²) in [5, 5.41) is 7.81. The summed E-state index contributed by atoms with van der Waals surface area (Å²) in [5.41, 5.74) is 16.7. The monoisotopic (exact) mass is 568 g/mol. The molecule has 0 atom stereocenters. The van der Waals surface area contributed by atoms with Crippen molar-refractivity contribution < 1.29 is 0 Å². The van der Waals surface area contributed by atoms with Crippen LogP contribution in [0.5, 0.6) is 0 Å². The van der Waals surface area contributed by atoms with E-state index in [1.54, 1.807) is 6.20 Å². The van der Waals surface area contributed by atoms with Crippen molar-refractivity contribution in [3.63, 3.8) is 0 Å². The molecule has 0 saturated heterocycles. The van der Waals surface area contributed by atoms with Gasteiger partial charge in [-0.05, 0) is 125 Å². The SMILES string of the molecule is C/C=C(\C=C/N)c1ccc(-c2cc(-c3ccc(-c4ccncc4)cc3)c3ccc4cc(C(C)(C)C)cc5ccc2c3c54)cc1. The van der Waals surface area contributed by atoms with Crippen molar-refractivity contribution in [2.45, 2.75) is 33.1 Å². The first-order valence-corrected chi connectivity index (χ1v) is 15.3. The maximum absolute atomic E-state index is 5.72. The predicted molar refractivity (Wildman–Crippen MR) is 190 cm³/mol. The molecule has 7 rings (SSSR count). The Kier molecular flexibility index (Phi) is 6.78. The Morgan fingerprint density at radius 3 is 1.66 bits per heavy atom. The van der Waals surface area contributed by atoms with E-state index in [2.05, 4.69) is 135 Å². The number of aromatic nitrogens is 1. The number of benzene rings is 6. The van der Waals surface area contributed by atoms with Crippen LogP contribution in [0.4, 0.5) is 0 Å². The third-order valence-electron chi connectivity index (χ3n) is 8.91. The number of pyridine rings is 1. The van der Waals surface area contributed by atoms with Gasteiger partial charge in [0.1, 0.15) is 0 Å². The highest BCUT2D eigenvalue weighted by Crippen LogP contribution is 2.45. The van der Waals surface area contributed by atoms with E-state index in [1.807, 2.05) is 25.4 Å². The minimum absolute atomic E-state index is 0.0734. The highest BCUT2D eigenvalue weighted by molar-refractivity contribution is 6.28. The summed E-state index contributed by atoms with van der Waals surface area (Å²) in [6, 6.07) is 38.4. The largest absolute Gasteiger partial charge is 0.405 e. The minimum Gasteiger partial charge on any atom is -0.405 e. The van der Waals surface area contributed by atoms with Gasteiger partial charge in [0.05, 0.1) is 0 Å². The van der Waals surface area contributed by atoms with E-state index in [-0.39, 0.29) is 5.41 Å². The first-order chi connectivity index (χ1) is 21.4. The summed E-state index contributed by atoms with van der Waals surface area (Å²) < 4.78 is 0. The minimum atomic E-state index is 0.0734. The highest BCUT2D eigenvalue weighted by Gasteiger charge is 2.20. The summed E-state index contributed by atoms with van der Waals surface area (Å²) in [6.45, 7) is 8.91. The van der Waals surface area contributed by atoms with Crippen LogP contribution >= 0.6 is 0 Å². The lowest BCUT2D eigenvalue weighted by Crippen LogP contribution is -2.10. The molecule has 0 fully saturated rings. The molecule has 0 amide bonds. The Hall–Kier alpha value is -5.21. The molecular weight excluding hydrogens is 532 g/mol. The van der Waals surface area contributed by atoms with Gasteiger partial charge in [-0.15, -0.1) is 0 Å². The summed E-state index contributed by atoms with van der Waals surface area (Å²) in [4.78, 5) is 4.18. The molecule has 7 aromatic rings. The van der Waals surface area contributed by atoms with Gasteiger partial charge in [-0.1, -0.05) is 112 Å². The van der Waals surface area contributed by atoms with Gasteiger partial charge in [-0.3, -0.25) is 4.98 Å². The van der Waals surface area contributed by atoms with Crippen LogP contribution in [0.1, 0.15) is 38.8 Å². The molecule has 6 aromatic carbocycles. The van der Waals surface area contributed by atoms with Crippen LogP contribution in [0, 0.1) is 0 Å². The van der Waals surface area contributed by atoms with Crippen molar-refractivity contribution in [3.8, 4) is 33.4 Å². The van der Waals surface area contributed by atoms with E-state index >= 15 is 0 Å². The van der Waals surface area contributed by atoms with E-state index in [0.717, 1.165) is 11.1 Å². The van der Waals surface area contributed by atoms with Crippen LogP contribution < -0.4 is 5.73 Å². The van der Waals surface area contributed by atoms with Gasteiger partial charge in [-0.25, -0.2) is 0 Å². The lowest BCUT2D eigenvalue weighted by Gasteiger charge is -2.23. The Morgan fingerprint density at radius 2 is 1.14 bits per heavy atom. The first-order valence-electron chi connectivity index (χ1n) is 15.3. The van der Waals surface area contributed by atoms with Gasteiger partial charge in [0.2, 0.25) is 0 Å². The quantitative estimate of drug-likeness (QED) is 0.166. The second kappa shape index (κ2) is 10.8. The molecule has 2 nitrogen and oxygen atoms in total. The number of allylic oxidation sites excluding steroid dienone is 3. The number of rotatable bonds is 5. The van der Waals surface area contributed by atoms with Crippen molar-refractivity contribution in [3.05, 3.63) is 145 Å².